The summed E-state index contributed by atoms with van der Waals surface area (Å²) in [5.41, 5.74) is 1.66. The zero-order valence-electron chi connectivity index (χ0n) is 11.7. The van der Waals surface area contributed by atoms with Gasteiger partial charge in [-0.25, -0.2) is 4.98 Å². The molecule has 2 rings (SSSR count). The van der Waals surface area contributed by atoms with E-state index in [0.717, 1.165) is 11.3 Å². The standard InChI is InChI=1S/C14H17N3O2S/c1-9-5-4-6-15-10(9)7-16-13-17-11(8-20-13)14(2,3)12(18)19/h4-6,8H,7H2,1-3H3,(H,16,17)(H,18,19). The topological polar surface area (TPSA) is 75.1 Å². The van der Waals surface area contributed by atoms with Gasteiger partial charge in [0, 0.05) is 11.6 Å². The van der Waals surface area contributed by atoms with Crippen LogP contribution in [0.3, 0.4) is 0 Å². The van der Waals surface area contributed by atoms with E-state index >= 15 is 0 Å². The van der Waals surface area contributed by atoms with E-state index in [1.165, 1.54) is 11.3 Å². The van der Waals surface area contributed by atoms with Crippen LogP contribution in [-0.4, -0.2) is 21.0 Å². The summed E-state index contributed by atoms with van der Waals surface area (Å²) in [7, 11) is 0. The molecule has 0 aromatic carbocycles. The highest BCUT2D eigenvalue weighted by atomic mass is 32.1. The molecule has 0 radical (unpaired) electrons. The zero-order valence-corrected chi connectivity index (χ0v) is 12.5. The van der Waals surface area contributed by atoms with E-state index in [0.29, 0.717) is 17.4 Å². The molecule has 0 atom stereocenters. The molecule has 0 aliphatic rings. The van der Waals surface area contributed by atoms with E-state index in [-0.39, 0.29) is 0 Å². The number of anilines is 1. The van der Waals surface area contributed by atoms with Gasteiger partial charge in [0.15, 0.2) is 5.13 Å². The second kappa shape index (κ2) is 5.58. The van der Waals surface area contributed by atoms with Gasteiger partial charge in [0.25, 0.3) is 0 Å². The van der Waals surface area contributed by atoms with Gasteiger partial charge in [0.2, 0.25) is 0 Å². The minimum atomic E-state index is -0.975. The predicted octanol–water partition coefficient (Wildman–Crippen LogP) is 2.82. The van der Waals surface area contributed by atoms with E-state index in [1.54, 1.807) is 25.4 Å². The summed E-state index contributed by atoms with van der Waals surface area (Å²) in [6.07, 6.45) is 1.75. The van der Waals surface area contributed by atoms with Crippen molar-refractivity contribution < 1.29 is 9.90 Å². The Kier molecular flexibility index (Phi) is 4.04. The van der Waals surface area contributed by atoms with Gasteiger partial charge in [-0.3, -0.25) is 9.78 Å². The third-order valence-electron chi connectivity index (χ3n) is 3.20. The van der Waals surface area contributed by atoms with Crippen molar-refractivity contribution in [3.05, 3.63) is 40.7 Å². The monoisotopic (exact) mass is 291 g/mol. The Bertz CT molecular complexity index is 622. The van der Waals surface area contributed by atoms with Gasteiger partial charge in [-0.2, -0.15) is 0 Å². The molecule has 106 valence electrons. The molecule has 2 N–H and O–H groups in total. The first kappa shape index (κ1) is 14.5. The van der Waals surface area contributed by atoms with E-state index < -0.39 is 11.4 Å². The minimum Gasteiger partial charge on any atom is -0.481 e. The van der Waals surface area contributed by atoms with Crippen molar-refractivity contribution >= 4 is 22.4 Å². The number of thiazole rings is 1. The van der Waals surface area contributed by atoms with Gasteiger partial charge >= 0.3 is 5.97 Å². The summed E-state index contributed by atoms with van der Waals surface area (Å²) in [4.78, 5) is 19.8. The first-order chi connectivity index (χ1) is 9.41. The highest BCUT2D eigenvalue weighted by Gasteiger charge is 2.32. The maximum atomic E-state index is 11.2. The lowest BCUT2D eigenvalue weighted by atomic mass is 9.90. The van der Waals surface area contributed by atoms with E-state index in [1.807, 2.05) is 19.1 Å². The van der Waals surface area contributed by atoms with Crippen molar-refractivity contribution in [2.24, 2.45) is 0 Å². The van der Waals surface area contributed by atoms with Crippen LogP contribution in [0.5, 0.6) is 0 Å². The Morgan fingerprint density at radius 3 is 2.90 bits per heavy atom. The van der Waals surface area contributed by atoms with Crippen molar-refractivity contribution in [3.63, 3.8) is 0 Å². The fourth-order valence-corrected chi connectivity index (χ4v) is 2.49. The van der Waals surface area contributed by atoms with E-state index in [2.05, 4.69) is 15.3 Å². The van der Waals surface area contributed by atoms with Gasteiger partial charge in [-0.1, -0.05) is 6.07 Å². The van der Waals surface area contributed by atoms with E-state index in [4.69, 9.17) is 0 Å². The molecule has 0 unspecified atom stereocenters. The van der Waals surface area contributed by atoms with Crippen LogP contribution in [0, 0.1) is 6.92 Å². The Labute approximate surface area is 121 Å². The van der Waals surface area contributed by atoms with Crippen LogP contribution >= 0.6 is 11.3 Å². The number of rotatable bonds is 5. The normalized spacial score (nSPS) is 11.3. The van der Waals surface area contributed by atoms with Crippen molar-refractivity contribution in [3.8, 4) is 0 Å². The summed E-state index contributed by atoms with van der Waals surface area (Å²) < 4.78 is 0. The molecular weight excluding hydrogens is 274 g/mol. The molecule has 6 heteroatoms. The molecule has 5 nitrogen and oxygen atoms in total. The number of nitrogens with zero attached hydrogens (tertiary/aromatic N) is 2. The van der Waals surface area contributed by atoms with Crippen LogP contribution in [0.4, 0.5) is 5.13 Å². The van der Waals surface area contributed by atoms with E-state index in [9.17, 15) is 9.90 Å². The lowest BCUT2D eigenvalue weighted by molar-refractivity contribution is -0.142. The van der Waals surface area contributed by atoms with Crippen molar-refractivity contribution in [2.75, 3.05) is 5.32 Å². The number of hydrogen-bond donors (Lipinski definition) is 2. The molecule has 0 aliphatic carbocycles. The smallest absolute Gasteiger partial charge is 0.315 e. The SMILES string of the molecule is Cc1cccnc1CNc1nc(C(C)(C)C(=O)O)cs1. The lowest BCUT2D eigenvalue weighted by Crippen LogP contribution is -2.28. The summed E-state index contributed by atoms with van der Waals surface area (Å²) >= 11 is 1.41. The van der Waals surface area contributed by atoms with Crippen molar-refractivity contribution in [2.45, 2.75) is 32.7 Å². The van der Waals surface area contributed by atoms with Crippen LogP contribution in [-0.2, 0) is 16.8 Å². The molecule has 2 aromatic heterocycles. The maximum Gasteiger partial charge on any atom is 0.315 e. The second-order valence-electron chi connectivity index (χ2n) is 5.09. The Morgan fingerprint density at radius 1 is 1.50 bits per heavy atom. The molecular formula is C14H17N3O2S. The van der Waals surface area contributed by atoms with Gasteiger partial charge < -0.3 is 10.4 Å². The number of pyridine rings is 1. The summed E-state index contributed by atoms with van der Waals surface area (Å²) in [5, 5.41) is 14.9. The number of carboxylic acids is 1. The predicted molar refractivity (Wildman–Crippen MR) is 79.1 cm³/mol. The summed E-state index contributed by atoms with van der Waals surface area (Å²) in [5.74, 6) is -0.880. The molecule has 2 heterocycles. The van der Waals surface area contributed by atoms with Crippen LogP contribution in [0.25, 0.3) is 0 Å². The second-order valence-corrected chi connectivity index (χ2v) is 5.95. The number of aromatic nitrogens is 2. The molecule has 0 aliphatic heterocycles. The minimum absolute atomic E-state index is 0.565. The third-order valence-corrected chi connectivity index (χ3v) is 4.00. The number of hydrogen-bond acceptors (Lipinski definition) is 5. The fraction of sp³-hybridized carbons (Fsp3) is 0.357. The number of nitrogens with one attached hydrogen (secondary N) is 1. The highest BCUT2D eigenvalue weighted by Crippen LogP contribution is 2.27. The first-order valence-corrected chi connectivity index (χ1v) is 7.13. The molecule has 20 heavy (non-hydrogen) atoms. The quantitative estimate of drug-likeness (QED) is 0.886. The average molecular weight is 291 g/mol. The Hall–Kier alpha value is -1.95. The van der Waals surface area contributed by atoms with Crippen LogP contribution < -0.4 is 5.32 Å². The molecule has 2 aromatic rings. The Morgan fingerprint density at radius 2 is 2.25 bits per heavy atom. The molecule has 0 saturated heterocycles. The largest absolute Gasteiger partial charge is 0.481 e. The molecule has 0 saturated carbocycles. The van der Waals surface area contributed by atoms with Gasteiger partial charge in [-0.15, -0.1) is 11.3 Å². The molecule has 0 spiro atoms. The van der Waals surface area contributed by atoms with Gasteiger partial charge in [0.1, 0.15) is 5.41 Å². The molecule has 0 bridgehead atoms. The van der Waals surface area contributed by atoms with Crippen LogP contribution in [0.1, 0.15) is 30.8 Å². The van der Waals surface area contributed by atoms with Gasteiger partial charge in [-0.05, 0) is 32.4 Å². The Balaban J connectivity index is 2.08. The summed E-state index contributed by atoms with van der Waals surface area (Å²) in [6, 6.07) is 3.90. The fourth-order valence-electron chi connectivity index (χ4n) is 1.61. The number of carboxylic acid groups (broad SMARTS) is 1. The maximum absolute atomic E-state index is 11.2. The number of carbonyl (C=O) groups is 1. The van der Waals surface area contributed by atoms with Crippen molar-refractivity contribution in [1.82, 2.24) is 9.97 Å². The van der Waals surface area contributed by atoms with Crippen molar-refractivity contribution in [1.29, 1.82) is 0 Å². The summed E-state index contributed by atoms with van der Waals surface area (Å²) in [6.45, 7) is 5.88. The highest BCUT2D eigenvalue weighted by molar-refractivity contribution is 7.13. The molecule has 0 amide bonds. The third kappa shape index (κ3) is 2.96. The van der Waals surface area contributed by atoms with Crippen LogP contribution in [0.2, 0.25) is 0 Å². The average Bonchev–Trinajstić information content (AvgIpc) is 2.87. The number of aryl methyl sites for hydroxylation is 1. The number of aliphatic carboxylic acids is 1. The first-order valence-electron chi connectivity index (χ1n) is 6.25. The van der Waals surface area contributed by atoms with Gasteiger partial charge in [0.05, 0.1) is 17.9 Å². The lowest BCUT2D eigenvalue weighted by Gasteiger charge is -2.15. The zero-order chi connectivity index (χ0) is 14.8. The van der Waals surface area contributed by atoms with Crippen LogP contribution in [0.15, 0.2) is 23.7 Å². The molecule has 0 fully saturated rings.